The van der Waals surface area contributed by atoms with E-state index >= 15 is 0 Å². The number of aliphatic hydroxyl groups is 3. The molecule has 0 unspecified atom stereocenters. The van der Waals surface area contributed by atoms with Crippen molar-refractivity contribution in [1.29, 1.82) is 0 Å². The van der Waals surface area contributed by atoms with E-state index in [0.717, 1.165) is 44.4 Å². The maximum absolute atomic E-state index is 12.5. The topological polar surface area (TPSA) is 180 Å². The molecule has 1 fully saturated rings. The van der Waals surface area contributed by atoms with E-state index in [2.05, 4.69) is 25.3 Å². The average molecular weight is 831 g/mol. The van der Waals surface area contributed by atoms with Gasteiger partial charge in [-0.15, -0.1) is 0 Å². The molecule has 0 aromatic carbocycles. The second-order valence-corrected chi connectivity index (χ2v) is 18.1. The van der Waals surface area contributed by atoms with Crippen LogP contribution in [0.3, 0.4) is 0 Å². The number of hydrogen-bond acceptors (Lipinski definition) is 9. The largest absolute Gasteiger partial charge is 0.469 e. The monoisotopic (exact) mass is 831 g/mol. The Morgan fingerprint density at radius 2 is 1.25 bits per heavy atom. The third-order valence-corrected chi connectivity index (χ3v) is 11.5. The highest BCUT2D eigenvalue weighted by molar-refractivity contribution is 7.46. The minimum Gasteiger partial charge on any atom is -0.462 e. The van der Waals surface area contributed by atoms with Crippen LogP contribution in [0.15, 0.2) is 24.3 Å². The van der Waals surface area contributed by atoms with Crippen LogP contribution in [0.4, 0.5) is 0 Å². The molecule has 0 heterocycles. The Kier molecular flexibility index (Phi) is 32.0. The van der Waals surface area contributed by atoms with E-state index in [1.165, 1.54) is 83.5 Å². The maximum atomic E-state index is 12.5. The molecule has 0 aliphatic heterocycles. The first-order chi connectivity index (χ1) is 27.3. The second kappa shape index (κ2) is 34.2. The van der Waals surface area contributed by atoms with Crippen LogP contribution in [0.2, 0.25) is 0 Å². The molecule has 1 aliphatic carbocycles. The minimum atomic E-state index is -4.81. The molecule has 1 saturated carbocycles. The Bertz CT molecular complexity index is 1110. The fraction of sp³-hybridized carbons (Fsp3) is 0.867. The molecule has 0 saturated heterocycles. The van der Waals surface area contributed by atoms with Gasteiger partial charge in [0.25, 0.3) is 0 Å². The van der Waals surface area contributed by atoms with Gasteiger partial charge in [-0.2, -0.15) is 0 Å². The molecule has 6 atom stereocenters. The number of phosphoric acid groups is 1. The van der Waals surface area contributed by atoms with E-state index in [9.17, 15) is 29.5 Å². The third-order valence-electron chi connectivity index (χ3n) is 11.0. The van der Waals surface area contributed by atoms with E-state index in [4.69, 9.17) is 19.3 Å². The molecule has 0 bridgehead atoms. The number of unbranched alkanes of at least 4 members (excludes halogenated alkanes) is 18. The summed E-state index contributed by atoms with van der Waals surface area (Å²) in [6, 6.07) is 0. The lowest BCUT2D eigenvalue weighted by Crippen LogP contribution is -2.29. The van der Waals surface area contributed by atoms with Crippen molar-refractivity contribution in [3.05, 3.63) is 24.3 Å². The number of phosphoric ester groups is 1. The lowest BCUT2D eigenvalue weighted by molar-refractivity contribution is -0.161. The summed E-state index contributed by atoms with van der Waals surface area (Å²) in [5.74, 6) is -0.642. The van der Waals surface area contributed by atoms with Gasteiger partial charge in [0, 0.05) is 25.2 Å². The molecule has 0 aromatic heterocycles. The third kappa shape index (κ3) is 31.0. The van der Waals surface area contributed by atoms with Gasteiger partial charge < -0.3 is 34.6 Å². The molecular formula is C45H83O11P. The van der Waals surface area contributed by atoms with Crippen LogP contribution in [-0.4, -0.2) is 74.7 Å². The SMILES string of the molecule is CCCCC[C@H](O)/C=C/[C@@H]1[C@@H](C/C=C/CCCC(=O)OC[C@H](COP(=O)(O)O)OC(=O)CCCCCCCCCCCCCCCCCCC(C)C)[C@@H](O)C[C@H]1O. The second-order valence-electron chi connectivity index (χ2n) is 16.8. The zero-order valence-electron chi connectivity index (χ0n) is 36.0. The lowest BCUT2D eigenvalue weighted by Gasteiger charge is -2.19. The molecule has 1 aliphatic rings. The first-order valence-electron chi connectivity index (χ1n) is 22.7. The first kappa shape index (κ1) is 53.4. The van der Waals surface area contributed by atoms with E-state index in [1.807, 2.05) is 18.2 Å². The molecule has 5 N–H and O–H groups in total. The van der Waals surface area contributed by atoms with Crippen molar-refractivity contribution in [1.82, 2.24) is 0 Å². The quantitative estimate of drug-likeness (QED) is 0.0174. The van der Waals surface area contributed by atoms with Crippen molar-refractivity contribution in [2.45, 2.75) is 219 Å². The van der Waals surface area contributed by atoms with Gasteiger partial charge in [0.05, 0.1) is 24.9 Å². The molecule has 57 heavy (non-hydrogen) atoms. The van der Waals surface area contributed by atoms with Crippen LogP contribution in [0.25, 0.3) is 0 Å². The highest BCUT2D eigenvalue weighted by Crippen LogP contribution is 2.37. The van der Waals surface area contributed by atoms with Crippen molar-refractivity contribution < 1.29 is 53.3 Å². The van der Waals surface area contributed by atoms with Crippen molar-refractivity contribution >= 4 is 19.8 Å². The fourth-order valence-corrected chi connectivity index (χ4v) is 7.85. The summed E-state index contributed by atoms with van der Waals surface area (Å²) >= 11 is 0. The number of hydrogen-bond donors (Lipinski definition) is 5. The van der Waals surface area contributed by atoms with Crippen LogP contribution in [0.1, 0.15) is 194 Å². The highest BCUT2D eigenvalue weighted by Gasteiger charge is 2.39. The lowest BCUT2D eigenvalue weighted by atomic mass is 9.89. The summed E-state index contributed by atoms with van der Waals surface area (Å²) in [6.07, 6.45) is 31.4. The van der Waals surface area contributed by atoms with Crippen molar-refractivity contribution in [2.75, 3.05) is 13.2 Å². The van der Waals surface area contributed by atoms with Crippen molar-refractivity contribution in [3.8, 4) is 0 Å². The number of carbonyl (C=O) groups is 2. The Balaban J connectivity index is 2.22. The van der Waals surface area contributed by atoms with Crippen LogP contribution in [0, 0.1) is 17.8 Å². The molecule has 1 rings (SSSR count). The molecule has 0 radical (unpaired) electrons. The van der Waals surface area contributed by atoms with E-state index in [-0.39, 0.29) is 31.3 Å². The summed E-state index contributed by atoms with van der Waals surface area (Å²) in [4.78, 5) is 43.1. The predicted molar refractivity (Wildman–Crippen MR) is 227 cm³/mol. The summed E-state index contributed by atoms with van der Waals surface area (Å²) in [5.41, 5.74) is 0. The molecule has 11 nitrogen and oxygen atoms in total. The zero-order chi connectivity index (χ0) is 42.2. The van der Waals surface area contributed by atoms with Gasteiger partial charge in [-0.05, 0) is 43.9 Å². The smallest absolute Gasteiger partial charge is 0.462 e. The number of rotatable bonds is 37. The zero-order valence-corrected chi connectivity index (χ0v) is 36.9. The summed E-state index contributed by atoms with van der Waals surface area (Å²) in [5, 5.41) is 31.2. The Labute approximate surface area is 346 Å². The molecular weight excluding hydrogens is 747 g/mol. The van der Waals surface area contributed by atoms with Gasteiger partial charge in [-0.3, -0.25) is 14.1 Å². The highest BCUT2D eigenvalue weighted by atomic mass is 31.2. The fourth-order valence-electron chi connectivity index (χ4n) is 7.49. The normalized spacial score (nSPS) is 19.9. The molecule has 0 amide bonds. The number of carbonyl (C=O) groups excluding carboxylic acids is 2. The standard InChI is InChI=1S/C45H83O11P/c1-4-5-22-28-38(46)32-33-41-40(42(47)34-43(41)48)29-24-20-21-25-30-44(49)54-35-39(36-55-57(51,52)53)56-45(50)31-26-19-17-15-13-11-9-7-6-8-10-12-14-16-18-23-27-37(2)3/h20,24,32-33,37-43,46-48H,4-19,21-23,25-31,34-36H2,1-3H3,(H2,51,52,53)/b24-20+,33-32+/t38-,39+,40+,41+,42-,43+/m0/s1. The maximum Gasteiger partial charge on any atom is 0.469 e. The van der Waals surface area contributed by atoms with Crippen molar-refractivity contribution in [3.63, 3.8) is 0 Å². The molecule has 0 spiro atoms. The Morgan fingerprint density at radius 1 is 0.702 bits per heavy atom. The van der Waals surface area contributed by atoms with Gasteiger partial charge in [0.1, 0.15) is 6.61 Å². The van der Waals surface area contributed by atoms with Gasteiger partial charge in [0.2, 0.25) is 0 Å². The summed E-state index contributed by atoms with van der Waals surface area (Å²) in [7, 11) is -4.81. The molecule has 0 aromatic rings. The number of ether oxygens (including phenoxy) is 2. The minimum absolute atomic E-state index is 0.0925. The molecule has 334 valence electrons. The van der Waals surface area contributed by atoms with Crippen LogP contribution in [-0.2, 0) is 28.2 Å². The predicted octanol–water partition coefficient (Wildman–Crippen LogP) is 10.2. The number of esters is 2. The Hall–Kier alpha value is -1.59. The number of aliphatic hydroxyl groups excluding tert-OH is 3. The van der Waals surface area contributed by atoms with Crippen LogP contribution < -0.4 is 0 Å². The van der Waals surface area contributed by atoms with E-state index < -0.39 is 50.8 Å². The Morgan fingerprint density at radius 3 is 1.81 bits per heavy atom. The van der Waals surface area contributed by atoms with Gasteiger partial charge >= 0.3 is 19.8 Å². The van der Waals surface area contributed by atoms with E-state index in [0.29, 0.717) is 38.5 Å². The van der Waals surface area contributed by atoms with Gasteiger partial charge in [-0.25, -0.2) is 4.57 Å². The average Bonchev–Trinajstić information content (AvgIpc) is 3.42. The summed E-state index contributed by atoms with van der Waals surface area (Å²) in [6.45, 7) is 5.74. The van der Waals surface area contributed by atoms with E-state index in [1.54, 1.807) is 6.08 Å². The van der Waals surface area contributed by atoms with Crippen LogP contribution in [0.5, 0.6) is 0 Å². The first-order valence-corrected chi connectivity index (χ1v) is 24.3. The van der Waals surface area contributed by atoms with Gasteiger partial charge in [0.15, 0.2) is 6.10 Å². The number of allylic oxidation sites excluding steroid dienone is 2. The van der Waals surface area contributed by atoms with Gasteiger partial charge in [-0.1, -0.05) is 167 Å². The van der Waals surface area contributed by atoms with Crippen LogP contribution >= 0.6 is 7.82 Å². The van der Waals surface area contributed by atoms with Crippen molar-refractivity contribution in [2.24, 2.45) is 17.8 Å². The summed E-state index contributed by atoms with van der Waals surface area (Å²) < 4.78 is 26.4. The molecule has 12 heteroatoms.